The van der Waals surface area contributed by atoms with Crippen LogP contribution in [0.4, 0.5) is 4.79 Å². The lowest BCUT2D eigenvalue weighted by Crippen LogP contribution is -2.40. The Bertz CT molecular complexity index is 606. The number of aliphatic hydroxyl groups excluding tert-OH is 1. The first-order valence-electron chi connectivity index (χ1n) is 8.51. The van der Waals surface area contributed by atoms with Crippen molar-refractivity contribution in [2.75, 3.05) is 26.2 Å². The number of likely N-dealkylation sites (tertiary alicyclic amines) is 1. The first-order chi connectivity index (χ1) is 11.8. The second-order valence-electron chi connectivity index (χ2n) is 6.34. The molecule has 0 spiro atoms. The van der Waals surface area contributed by atoms with Gasteiger partial charge in [-0.1, -0.05) is 60.7 Å². The Labute approximate surface area is 143 Å². The van der Waals surface area contributed by atoms with E-state index in [1.54, 1.807) is 4.90 Å². The summed E-state index contributed by atoms with van der Waals surface area (Å²) in [5.74, 6) is 0.349. The summed E-state index contributed by atoms with van der Waals surface area (Å²) in [7, 11) is 0. The highest BCUT2D eigenvalue weighted by molar-refractivity contribution is 5.74. The molecule has 4 nitrogen and oxygen atoms in total. The highest BCUT2D eigenvalue weighted by Crippen LogP contribution is 2.24. The zero-order valence-corrected chi connectivity index (χ0v) is 13.8. The first-order valence-corrected chi connectivity index (χ1v) is 8.51. The van der Waals surface area contributed by atoms with Gasteiger partial charge in [-0.05, 0) is 17.5 Å². The Morgan fingerprint density at radius 2 is 1.67 bits per heavy atom. The molecule has 1 heterocycles. The van der Waals surface area contributed by atoms with Crippen LogP contribution in [0.3, 0.4) is 0 Å². The Morgan fingerprint density at radius 3 is 2.17 bits per heavy atom. The van der Waals surface area contributed by atoms with Crippen LogP contribution < -0.4 is 5.32 Å². The van der Waals surface area contributed by atoms with E-state index in [-0.39, 0.29) is 24.5 Å². The number of amides is 2. The number of aliphatic hydroxyl groups is 1. The van der Waals surface area contributed by atoms with Crippen LogP contribution in [0.1, 0.15) is 23.5 Å². The van der Waals surface area contributed by atoms with Crippen LogP contribution in [-0.4, -0.2) is 42.3 Å². The van der Waals surface area contributed by atoms with Gasteiger partial charge < -0.3 is 15.3 Å². The maximum Gasteiger partial charge on any atom is 0.317 e. The molecule has 2 amide bonds. The molecule has 1 saturated heterocycles. The summed E-state index contributed by atoms with van der Waals surface area (Å²) in [5.41, 5.74) is 2.39. The van der Waals surface area contributed by atoms with Gasteiger partial charge in [0, 0.05) is 38.1 Å². The van der Waals surface area contributed by atoms with E-state index in [9.17, 15) is 9.90 Å². The SMILES string of the molecule is O=C(NCC(c1ccccc1)c1ccccc1)N1CC[C@@H](CO)C1. The van der Waals surface area contributed by atoms with E-state index in [2.05, 4.69) is 29.6 Å². The van der Waals surface area contributed by atoms with Crippen LogP contribution in [0, 0.1) is 5.92 Å². The molecule has 126 valence electrons. The highest BCUT2D eigenvalue weighted by atomic mass is 16.3. The molecule has 1 aliphatic heterocycles. The molecule has 24 heavy (non-hydrogen) atoms. The predicted octanol–water partition coefficient (Wildman–Crippen LogP) is 2.84. The summed E-state index contributed by atoms with van der Waals surface area (Å²) in [5, 5.41) is 12.3. The van der Waals surface area contributed by atoms with Gasteiger partial charge >= 0.3 is 6.03 Å². The highest BCUT2D eigenvalue weighted by Gasteiger charge is 2.26. The average molecular weight is 324 g/mol. The summed E-state index contributed by atoms with van der Waals surface area (Å²) in [6.07, 6.45) is 0.880. The molecule has 1 fully saturated rings. The van der Waals surface area contributed by atoms with E-state index < -0.39 is 0 Å². The molecule has 2 aromatic rings. The number of nitrogens with zero attached hydrogens (tertiary/aromatic N) is 1. The van der Waals surface area contributed by atoms with Gasteiger partial charge in [0.2, 0.25) is 0 Å². The van der Waals surface area contributed by atoms with Gasteiger partial charge in [0.05, 0.1) is 0 Å². The summed E-state index contributed by atoms with van der Waals surface area (Å²) in [4.78, 5) is 14.2. The van der Waals surface area contributed by atoms with Crippen LogP contribution in [0.15, 0.2) is 60.7 Å². The van der Waals surface area contributed by atoms with Gasteiger partial charge in [-0.2, -0.15) is 0 Å². The van der Waals surface area contributed by atoms with E-state index >= 15 is 0 Å². The number of rotatable bonds is 5. The van der Waals surface area contributed by atoms with Crippen LogP contribution in [0.2, 0.25) is 0 Å². The number of hydrogen-bond donors (Lipinski definition) is 2. The van der Waals surface area contributed by atoms with Gasteiger partial charge in [-0.15, -0.1) is 0 Å². The molecule has 0 aromatic heterocycles. The number of hydrogen-bond acceptors (Lipinski definition) is 2. The third-order valence-electron chi connectivity index (χ3n) is 4.69. The van der Waals surface area contributed by atoms with Crippen molar-refractivity contribution in [2.45, 2.75) is 12.3 Å². The molecule has 0 saturated carbocycles. The van der Waals surface area contributed by atoms with Crippen molar-refractivity contribution < 1.29 is 9.90 Å². The smallest absolute Gasteiger partial charge is 0.317 e. The summed E-state index contributed by atoms with van der Waals surface area (Å²) < 4.78 is 0. The Kier molecular flexibility index (Phi) is 5.49. The fraction of sp³-hybridized carbons (Fsp3) is 0.350. The summed E-state index contributed by atoms with van der Waals surface area (Å²) in [6.45, 7) is 2.08. The molecule has 4 heteroatoms. The van der Waals surface area contributed by atoms with Gasteiger partial charge in [-0.25, -0.2) is 4.79 Å². The molecule has 2 N–H and O–H groups in total. The van der Waals surface area contributed by atoms with E-state index in [0.29, 0.717) is 13.1 Å². The molecular formula is C20H24N2O2. The fourth-order valence-electron chi connectivity index (χ4n) is 3.27. The Morgan fingerprint density at radius 1 is 1.08 bits per heavy atom. The van der Waals surface area contributed by atoms with Crippen molar-refractivity contribution in [3.05, 3.63) is 71.8 Å². The molecule has 0 aliphatic carbocycles. The number of benzene rings is 2. The van der Waals surface area contributed by atoms with Gasteiger partial charge in [-0.3, -0.25) is 0 Å². The van der Waals surface area contributed by atoms with Gasteiger partial charge in [0.25, 0.3) is 0 Å². The average Bonchev–Trinajstić information content (AvgIpc) is 3.13. The Balaban J connectivity index is 1.68. The minimum atomic E-state index is -0.0391. The van der Waals surface area contributed by atoms with Crippen molar-refractivity contribution >= 4 is 6.03 Å². The van der Waals surface area contributed by atoms with E-state index in [0.717, 1.165) is 13.0 Å². The lowest BCUT2D eigenvalue weighted by Gasteiger charge is -2.22. The maximum atomic E-state index is 12.4. The van der Waals surface area contributed by atoms with Gasteiger partial charge in [0.15, 0.2) is 0 Å². The molecule has 0 radical (unpaired) electrons. The summed E-state index contributed by atoms with van der Waals surface area (Å²) >= 11 is 0. The summed E-state index contributed by atoms with van der Waals surface area (Å²) in [6, 6.07) is 20.5. The quantitative estimate of drug-likeness (QED) is 0.888. The molecule has 2 aromatic carbocycles. The first kappa shape index (κ1) is 16.5. The monoisotopic (exact) mass is 324 g/mol. The third kappa shape index (κ3) is 3.95. The number of carbonyl (C=O) groups excluding carboxylic acids is 1. The van der Waals surface area contributed by atoms with Crippen LogP contribution >= 0.6 is 0 Å². The lowest BCUT2D eigenvalue weighted by atomic mass is 9.91. The molecule has 3 rings (SSSR count). The lowest BCUT2D eigenvalue weighted by molar-refractivity contribution is 0.198. The van der Waals surface area contributed by atoms with Gasteiger partial charge in [0.1, 0.15) is 0 Å². The van der Waals surface area contributed by atoms with Crippen molar-refractivity contribution in [1.29, 1.82) is 0 Å². The number of urea groups is 1. The molecular weight excluding hydrogens is 300 g/mol. The van der Waals surface area contributed by atoms with E-state index in [1.165, 1.54) is 11.1 Å². The Hall–Kier alpha value is -2.33. The minimum absolute atomic E-state index is 0.0391. The topological polar surface area (TPSA) is 52.6 Å². The maximum absolute atomic E-state index is 12.4. The second-order valence-corrected chi connectivity index (χ2v) is 6.34. The zero-order chi connectivity index (χ0) is 16.8. The van der Waals surface area contributed by atoms with Crippen molar-refractivity contribution in [3.63, 3.8) is 0 Å². The third-order valence-corrected chi connectivity index (χ3v) is 4.69. The van der Waals surface area contributed by atoms with Crippen LogP contribution in [-0.2, 0) is 0 Å². The normalized spacial score (nSPS) is 17.2. The van der Waals surface area contributed by atoms with Crippen molar-refractivity contribution in [1.82, 2.24) is 10.2 Å². The standard InChI is InChI=1S/C20H24N2O2/c23-15-16-11-12-22(14-16)20(24)21-13-19(17-7-3-1-4-8-17)18-9-5-2-6-10-18/h1-10,16,19,23H,11-15H2,(H,21,24)/t16-/m1/s1. The van der Waals surface area contributed by atoms with Crippen LogP contribution in [0.25, 0.3) is 0 Å². The predicted molar refractivity (Wildman–Crippen MR) is 94.9 cm³/mol. The van der Waals surface area contributed by atoms with Crippen molar-refractivity contribution in [2.24, 2.45) is 5.92 Å². The van der Waals surface area contributed by atoms with E-state index in [4.69, 9.17) is 0 Å². The second kappa shape index (κ2) is 7.97. The van der Waals surface area contributed by atoms with Crippen molar-refractivity contribution in [3.8, 4) is 0 Å². The molecule has 0 bridgehead atoms. The fourth-order valence-corrected chi connectivity index (χ4v) is 3.27. The molecule has 1 aliphatic rings. The largest absolute Gasteiger partial charge is 0.396 e. The molecule has 0 unspecified atom stereocenters. The van der Waals surface area contributed by atoms with E-state index in [1.807, 2.05) is 36.4 Å². The number of nitrogens with one attached hydrogen (secondary N) is 1. The minimum Gasteiger partial charge on any atom is -0.396 e. The van der Waals surface area contributed by atoms with Crippen LogP contribution in [0.5, 0.6) is 0 Å². The number of carbonyl (C=O) groups is 1. The zero-order valence-electron chi connectivity index (χ0n) is 13.8. The molecule has 1 atom stereocenters.